The lowest BCUT2D eigenvalue weighted by Gasteiger charge is -2.28. The number of carbonyl (C=O) groups excluding carboxylic acids is 1. The summed E-state index contributed by atoms with van der Waals surface area (Å²) >= 11 is 4.19. The molecule has 0 bridgehead atoms. The molecule has 0 aliphatic rings. The van der Waals surface area contributed by atoms with E-state index in [4.69, 9.17) is 26.9 Å². The van der Waals surface area contributed by atoms with Crippen LogP contribution < -0.4 is 0 Å². The van der Waals surface area contributed by atoms with Crippen molar-refractivity contribution in [2.24, 2.45) is 0 Å². The predicted molar refractivity (Wildman–Crippen MR) is 134 cm³/mol. The lowest BCUT2D eigenvalue weighted by atomic mass is 10.3. The first-order chi connectivity index (χ1) is 14.9. The maximum atomic E-state index is 11.1. The monoisotopic (exact) mass is 498 g/mol. The highest BCUT2D eigenvalue weighted by atomic mass is 32.1. The van der Waals surface area contributed by atoms with Gasteiger partial charge in [0.25, 0.3) is 0 Å². The van der Waals surface area contributed by atoms with E-state index in [9.17, 15) is 4.79 Å². The van der Waals surface area contributed by atoms with Crippen LogP contribution >= 0.6 is 12.6 Å². The van der Waals surface area contributed by atoms with Crippen molar-refractivity contribution in [2.45, 2.75) is 72.9 Å². The molecular weight excluding hydrogens is 452 g/mol. The molecule has 0 aromatic carbocycles. The highest BCUT2D eigenvalue weighted by Gasteiger charge is 2.39. The Hall–Kier alpha value is -0.206. The molecule has 0 rings (SSSR count). The Morgan fingerprint density at radius 3 is 1.77 bits per heavy atom. The summed E-state index contributed by atoms with van der Waals surface area (Å²) in [6.07, 6.45) is 2.80. The van der Waals surface area contributed by atoms with Crippen LogP contribution in [-0.4, -0.2) is 69.5 Å². The summed E-state index contributed by atoms with van der Waals surface area (Å²) in [5.41, 5.74) is 0.445. The number of carbonyl (C=O) groups is 1. The fourth-order valence-electron chi connectivity index (χ4n) is 2.58. The van der Waals surface area contributed by atoms with Crippen molar-refractivity contribution < 1.29 is 31.7 Å². The van der Waals surface area contributed by atoms with Gasteiger partial charge in [0, 0.05) is 44.7 Å². The predicted octanol–water partition coefficient (Wildman–Crippen LogP) is 4.53. The topological polar surface area (TPSA) is 72.5 Å². The van der Waals surface area contributed by atoms with E-state index in [0.29, 0.717) is 45.2 Å². The standard InChI is InChI=1S/C12H24O4Si.C9H22O3SSi/c1-5-15-17(16-6-2)10-8-7-9-14-12(13)11(3)4;1-4-10-14(11-5-2,12-6-3)9-7-8-13/h17H,3,5-10H2,1-2,4H3;13H,4-9H2,1-3H3. The number of rotatable bonds is 19. The minimum absolute atomic E-state index is 0.312. The van der Waals surface area contributed by atoms with Gasteiger partial charge in [-0.1, -0.05) is 6.58 Å². The molecule has 0 spiro atoms. The highest BCUT2D eigenvalue weighted by molar-refractivity contribution is 7.80. The number of hydrogen-bond donors (Lipinski definition) is 1. The average molecular weight is 499 g/mol. The molecule has 0 aromatic rings. The molecule has 0 heterocycles. The van der Waals surface area contributed by atoms with Crippen molar-refractivity contribution in [3.63, 3.8) is 0 Å². The van der Waals surface area contributed by atoms with E-state index in [0.717, 1.165) is 37.1 Å². The molecule has 0 aromatic heterocycles. The van der Waals surface area contributed by atoms with Crippen LogP contribution in [0.15, 0.2) is 12.2 Å². The molecule has 0 aliphatic carbocycles. The van der Waals surface area contributed by atoms with E-state index >= 15 is 0 Å². The van der Waals surface area contributed by atoms with Crippen molar-refractivity contribution in [2.75, 3.05) is 45.4 Å². The molecule has 0 unspecified atom stereocenters. The fourth-order valence-corrected chi connectivity index (χ4v) is 7.45. The molecule has 0 N–H and O–H groups in total. The SMILES string of the molecule is C=C(C)C(=O)OCCCC[SiH](OCC)OCC.CCO[Si](CCCS)(OCC)OCC. The zero-order valence-corrected chi connectivity index (χ0v) is 23.6. The first-order valence-electron chi connectivity index (χ1n) is 11.4. The van der Waals surface area contributed by atoms with Crippen LogP contribution in [0.25, 0.3) is 0 Å². The van der Waals surface area contributed by atoms with Crippen LogP contribution in [0.4, 0.5) is 0 Å². The first-order valence-corrected chi connectivity index (χ1v) is 15.8. The van der Waals surface area contributed by atoms with E-state index in [1.807, 2.05) is 34.6 Å². The minimum Gasteiger partial charge on any atom is -0.462 e. The van der Waals surface area contributed by atoms with Crippen molar-refractivity contribution in [3.05, 3.63) is 12.2 Å². The second-order valence-electron chi connectivity index (χ2n) is 6.56. The number of unbranched alkanes of at least 4 members (excludes halogenated alkanes) is 1. The smallest absolute Gasteiger partial charge is 0.462 e. The largest absolute Gasteiger partial charge is 0.500 e. The lowest BCUT2D eigenvalue weighted by Crippen LogP contribution is -2.46. The van der Waals surface area contributed by atoms with Gasteiger partial charge in [-0.3, -0.25) is 0 Å². The van der Waals surface area contributed by atoms with Crippen LogP contribution in [0.1, 0.15) is 60.8 Å². The normalized spacial score (nSPS) is 11.2. The van der Waals surface area contributed by atoms with Crippen LogP contribution in [-0.2, 0) is 31.7 Å². The zero-order chi connectivity index (χ0) is 24.0. The average Bonchev–Trinajstić information content (AvgIpc) is 2.73. The van der Waals surface area contributed by atoms with Gasteiger partial charge in [-0.05, 0) is 72.6 Å². The number of esters is 1. The van der Waals surface area contributed by atoms with E-state index < -0.39 is 18.1 Å². The molecule has 0 saturated carbocycles. The molecule has 31 heavy (non-hydrogen) atoms. The summed E-state index contributed by atoms with van der Waals surface area (Å²) in [5, 5.41) is 0. The Bertz CT molecular complexity index is 419. The lowest BCUT2D eigenvalue weighted by molar-refractivity contribution is -0.139. The Morgan fingerprint density at radius 1 is 0.871 bits per heavy atom. The Labute approximate surface area is 198 Å². The van der Waals surface area contributed by atoms with Gasteiger partial charge in [-0.15, -0.1) is 0 Å². The molecule has 0 fully saturated rings. The molecule has 0 atom stereocenters. The third-order valence-electron chi connectivity index (χ3n) is 3.85. The zero-order valence-electron chi connectivity index (χ0n) is 20.6. The Balaban J connectivity index is 0. The van der Waals surface area contributed by atoms with Gasteiger partial charge in [0.2, 0.25) is 0 Å². The van der Waals surface area contributed by atoms with Crippen LogP contribution in [0.3, 0.4) is 0 Å². The Morgan fingerprint density at radius 2 is 1.39 bits per heavy atom. The van der Waals surface area contributed by atoms with Gasteiger partial charge < -0.3 is 26.9 Å². The van der Waals surface area contributed by atoms with Crippen molar-refractivity contribution in [3.8, 4) is 0 Å². The molecule has 186 valence electrons. The molecule has 0 amide bonds. The first kappa shape index (κ1) is 33.0. The maximum Gasteiger partial charge on any atom is 0.500 e. The van der Waals surface area contributed by atoms with Gasteiger partial charge in [-0.25, -0.2) is 4.79 Å². The molecule has 0 radical (unpaired) electrons. The number of ether oxygens (including phenoxy) is 1. The maximum absolute atomic E-state index is 11.1. The van der Waals surface area contributed by atoms with Gasteiger partial charge in [0.15, 0.2) is 0 Å². The quantitative estimate of drug-likeness (QED) is 0.0922. The summed E-state index contributed by atoms with van der Waals surface area (Å²) < 4.78 is 33.1. The van der Waals surface area contributed by atoms with E-state index in [1.165, 1.54) is 0 Å². The van der Waals surface area contributed by atoms with Gasteiger partial charge in [-0.2, -0.15) is 12.6 Å². The number of thiol groups is 1. The van der Waals surface area contributed by atoms with Crippen LogP contribution in [0.2, 0.25) is 12.1 Å². The van der Waals surface area contributed by atoms with E-state index in [2.05, 4.69) is 19.2 Å². The van der Waals surface area contributed by atoms with Crippen molar-refractivity contribution in [1.82, 2.24) is 0 Å². The highest BCUT2D eigenvalue weighted by Crippen LogP contribution is 2.18. The number of hydrogen-bond acceptors (Lipinski definition) is 8. The molecular formula is C21H46O7SSi2. The summed E-state index contributed by atoms with van der Waals surface area (Å²) in [5.74, 6) is 0.538. The van der Waals surface area contributed by atoms with Crippen molar-refractivity contribution >= 4 is 36.7 Å². The Kier molecular flexibility index (Phi) is 24.4. The van der Waals surface area contributed by atoms with Crippen LogP contribution in [0, 0.1) is 0 Å². The minimum atomic E-state index is -2.37. The molecule has 0 saturated heterocycles. The molecule has 7 nitrogen and oxygen atoms in total. The van der Waals surface area contributed by atoms with E-state index in [1.54, 1.807) is 6.92 Å². The van der Waals surface area contributed by atoms with Gasteiger partial charge in [0.1, 0.15) is 0 Å². The van der Waals surface area contributed by atoms with Crippen molar-refractivity contribution in [1.29, 1.82) is 0 Å². The summed E-state index contributed by atoms with van der Waals surface area (Å²) in [6.45, 7) is 18.9. The second kappa shape index (κ2) is 23.0. The fraction of sp³-hybridized carbons (Fsp3) is 0.857. The third-order valence-corrected chi connectivity index (χ3v) is 9.61. The van der Waals surface area contributed by atoms with Crippen LogP contribution in [0.5, 0.6) is 0 Å². The molecule has 0 aliphatic heterocycles. The third kappa shape index (κ3) is 19.0. The summed E-state index contributed by atoms with van der Waals surface area (Å²) in [4.78, 5) is 11.1. The van der Waals surface area contributed by atoms with Gasteiger partial charge >= 0.3 is 24.1 Å². The second-order valence-corrected chi connectivity index (χ2v) is 11.8. The van der Waals surface area contributed by atoms with E-state index in [-0.39, 0.29) is 5.97 Å². The summed E-state index contributed by atoms with van der Waals surface area (Å²) in [7, 11) is -3.84. The summed E-state index contributed by atoms with van der Waals surface area (Å²) in [6, 6.07) is 1.83. The molecule has 10 heteroatoms. The van der Waals surface area contributed by atoms with Gasteiger partial charge in [0.05, 0.1) is 6.61 Å².